The van der Waals surface area contributed by atoms with Gasteiger partial charge in [-0.3, -0.25) is 4.79 Å². The summed E-state index contributed by atoms with van der Waals surface area (Å²) in [6, 6.07) is 11.6. The highest BCUT2D eigenvalue weighted by Crippen LogP contribution is 2.20. The van der Waals surface area contributed by atoms with Gasteiger partial charge in [0.25, 0.3) is 5.91 Å². The van der Waals surface area contributed by atoms with E-state index in [2.05, 4.69) is 21.2 Å². The van der Waals surface area contributed by atoms with E-state index in [1.54, 1.807) is 0 Å². The first-order chi connectivity index (χ1) is 10.1. The van der Waals surface area contributed by atoms with E-state index in [0.717, 1.165) is 18.4 Å². The first-order valence-electron chi connectivity index (χ1n) is 6.51. The molecule has 1 N–H and O–H groups in total. The van der Waals surface area contributed by atoms with Gasteiger partial charge in [0.1, 0.15) is 5.82 Å². The quantitative estimate of drug-likeness (QED) is 0.736. The van der Waals surface area contributed by atoms with Gasteiger partial charge in [0.15, 0.2) is 0 Å². The number of benzene rings is 2. The first kappa shape index (κ1) is 16.0. The van der Waals surface area contributed by atoms with Gasteiger partial charge >= 0.3 is 0 Å². The summed E-state index contributed by atoms with van der Waals surface area (Å²) in [6.45, 7) is 0. The van der Waals surface area contributed by atoms with Gasteiger partial charge in [0.05, 0.1) is 5.56 Å². The van der Waals surface area contributed by atoms with E-state index in [-0.39, 0.29) is 11.7 Å². The monoisotopic (exact) mass is 369 g/mol. The molecule has 0 atom stereocenters. The van der Waals surface area contributed by atoms with E-state index in [9.17, 15) is 9.18 Å². The molecule has 0 radical (unpaired) electrons. The average Bonchev–Trinajstić information content (AvgIpc) is 2.45. The number of hydrogen-bond acceptors (Lipinski definition) is 1. The smallest absolute Gasteiger partial charge is 0.256 e. The molecular formula is C16H14BrClFNO. The normalized spacial score (nSPS) is 10.4. The number of rotatable bonds is 5. The summed E-state index contributed by atoms with van der Waals surface area (Å²) < 4.78 is 13.5. The van der Waals surface area contributed by atoms with E-state index in [1.165, 1.54) is 18.2 Å². The van der Waals surface area contributed by atoms with Crippen molar-refractivity contribution >= 4 is 39.1 Å². The number of anilines is 1. The predicted molar refractivity (Wildman–Crippen MR) is 87.5 cm³/mol. The SMILES string of the molecule is O=C(Nc1cccc(CCCCl)c1)c1ccc(F)cc1Br. The number of aryl methyl sites for hydroxylation is 1. The highest BCUT2D eigenvalue weighted by atomic mass is 79.9. The van der Waals surface area contributed by atoms with Gasteiger partial charge < -0.3 is 5.32 Å². The molecule has 2 nitrogen and oxygen atoms in total. The van der Waals surface area contributed by atoms with Crippen LogP contribution in [-0.4, -0.2) is 11.8 Å². The van der Waals surface area contributed by atoms with E-state index < -0.39 is 0 Å². The van der Waals surface area contributed by atoms with Crippen molar-refractivity contribution in [2.24, 2.45) is 0 Å². The van der Waals surface area contributed by atoms with Crippen molar-refractivity contribution in [3.8, 4) is 0 Å². The molecule has 0 aliphatic heterocycles. The van der Waals surface area contributed by atoms with Gasteiger partial charge in [-0.25, -0.2) is 4.39 Å². The molecule has 2 rings (SSSR count). The summed E-state index contributed by atoms with van der Waals surface area (Å²) >= 11 is 8.87. The zero-order valence-electron chi connectivity index (χ0n) is 11.2. The molecule has 0 heterocycles. The molecule has 0 unspecified atom stereocenters. The lowest BCUT2D eigenvalue weighted by Crippen LogP contribution is -2.12. The van der Waals surface area contributed by atoms with Gasteiger partial charge in [-0.05, 0) is 64.7 Å². The van der Waals surface area contributed by atoms with Crippen molar-refractivity contribution in [1.29, 1.82) is 0 Å². The predicted octanol–water partition coefficient (Wildman–Crippen LogP) is 5.01. The molecule has 0 saturated heterocycles. The summed E-state index contributed by atoms with van der Waals surface area (Å²) in [5.41, 5.74) is 2.22. The van der Waals surface area contributed by atoms with Crippen LogP contribution in [-0.2, 0) is 6.42 Å². The third-order valence-electron chi connectivity index (χ3n) is 2.96. The molecule has 1 amide bonds. The van der Waals surface area contributed by atoms with Crippen LogP contribution in [0.4, 0.5) is 10.1 Å². The number of halogens is 3. The molecule has 0 saturated carbocycles. The molecule has 2 aromatic carbocycles. The van der Waals surface area contributed by atoms with Crippen LogP contribution in [0.1, 0.15) is 22.3 Å². The Morgan fingerprint density at radius 3 is 2.76 bits per heavy atom. The Labute approximate surface area is 136 Å². The summed E-state index contributed by atoms with van der Waals surface area (Å²) in [5.74, 6) is -0.0584. The minimum atomic E-state index is -0.388. The van der Waals surface area contributed by atoms with Crippen LogP contribution in [0.25, 0.3) is 0 Å². The fraction of sp³-hybridized carbons (Fsp3) is 0.188. The van der Waals surface area contributed by atoms with Crippen molar-refractivity contribution in [3.05, 3.63) is 63.9 Å². The Morgan fingerprint density at radius 2 is 2.05 bits per heavy atom. The number of nitrogens with one attached hydrogen (secondary N) is 1. The van der Waals surface area contributed by atoms with Crippen molar-refractivity contribution in [2.45, 2.75) is 12.8 Å². The Hall–Kier alpha value is -1.39. The van der Waals surface area contributed by atoms with Crippen LogP contribution in [0, 0.1) is 5.82 Å². The maximum Gasteiger partial charge on any atom is 0.256 e. The number of alkyl halides is 1. The molecule has 2 aromatic rings. The standard InChI is InChI=1S/C16H14BrClFNO/c17-15-10-12(19)6-7-14(15)16(21)20-13-5-1-3-11(9-13)4-2-8-18/h1,3,5-7,9-10H,2,4,8H2,(H,20,21). The highest BCUT2D eigenvalue weighted by molar-refractivity contribution is 9.10. The van der Waals surface area contributed by atoms with Crippen molar-refractivity contribution in [2.75, 3.05) is 11.2 Å². The second-order valence-electron chi connectivity index (χ2n) is 4.57. The van der Waals surface area contributed by atoms with Crippen LogP contribution in [0.5, 0.6) is 0 Å². The van der Waals surface area contributed by atoms with E-state index in [1.807, 2.05) is 24.3 Å². The fourth-order valence-corrected chi connectivity index (χ4v) is 2.61. The lowest BCUT2D eigenvalue weighted by molar-refractivity contribution is 0.102. The van der Waals surface area contributed by atoms with Crippen LogP contribution < -0.4 is 5.32 Å². The molecule has 0 aliphatic carbocycles. The average molecular weight is 371 g/mol. The molecule has 110 valence electrons. The Kier molecular flexibility index (Phi) is 5.76. The summed E-state index contributed by atoms with van der Waals surface area (Å²) in [4.78, 5) is 12.2. The Bertz CT molecular complexity index is 648. The molecule has 0 bridgehead atoms. The number of amides is 1. The van der Waals surface area contributed by atoms with Crippen molar-refractivity contribution < 1.29 is 9.18 Å². The minimum Gasteiger partial charge on any atom is -0.322 e. The summed E-state index contributed by atoms with van der Waals surface area (Å²) in [7, 11) is 0. The lowest BCUT2D eigenvalue weighted by atomic mass is 10.1. The maximum absolute atomic E-state index is 13.0. The van der Waals surface area contributed by atoms with Gasteiger partial charge in [-0.15, -0.1) is 11.6 Å². The second kappa shape index (κ2) is 7.57. The maximum atomic E-state index is 13.0. The molecule has 21 heavy (non-hydrogen) atoms. The largest absolute Gasteiger partial charge is 0.322 e. The third kappa shape index (κ3) is 4.55. The summed E-state index contributed by atoms with van der Waals surface area (Å²) in [6.07, 6.45) is 1.76. The minimum absolute atomic E-state index is 0.281. The number of carbonyl (C=O) groups excluding carboxylic acids is 1. The van der Waals surface area contributed by atoms with Gasteiger partial charge in [-0.2, -0.15) is 0 Å². The van der Waals surface area contributed by atoms with Crippen molar-refractivity contribution in [1.82, 2.24) is 0 Å². The highest BCUT2D eigenvalue weighted by Gasteiger charge is 2.11. The molecule has 0 aromatic heterocycles. The molecule has 5 heteroatoms. The number of hydrogen-bond donors (Lipinski definition) is 1. The molecular weight excluding hydrogens is 357 g/mol. The fourth-order valence-electron chi connectivity index (χ4n) is 1.95. The Balaban J connectivity index is 2.12. The zero-order chi connectivity index (χ0) is 15.2. The Morgan fingerprint density at radius 1 is 1.24 bits per heavy atom. The van der Waals surface area contributed by atoms with Crippen LogP contribution in [0.2, 0.25) is 0 Å². The van der Waals surface area contributed by atoms with Gasteiger partial charge in [0, 0.05) is 16.0 Å². The molecule has 0 fully saturated rings. The summed E-state index contributed by atoms with van der Waals surface area (Å²) in [5, 5.41) is 2.81. The van der Waals surface area contributed by atoms with Crippen LogP contribution in [0.3, 0.4) is 0 Å². The zero-order valence-corrected chi connectivity index (χ0v) is 13.5. The van der Waals surface area contributed by atoms with E-state index >= 15 is 0 Å². The lowest BCUT2D eigenvalue weighted by Gasteiger charge is -2.08. The topological polar surface area (TPSA) is 29.1 Å². The molecule has 0 spiro atoms. The molecule has 0 aliphatic rings. The van der Waals surface area contributed by atoms with Crippen LogP contribution in [0.15, 0.2) is 46.9 Å². The van der Waals surface area contributed by atoms with Crippen LogP contribution >= 0.6 is 27.5 Å². The van der Waals surface area contributed by atoms with Gasteiger partial charge in [-0.1, -0.05) is 12.1 Å². The third-order valence-corrected chi connectivity index (χ3v) is 3.88. The first-order valence-corrected chi connectivity index (χ1v) is 7.84. The second-order valence-corrected chi connectivity index (χ2v) is 5.80. The van der Waals surface area contributed by atoms with E-state index in [4.69, 9.17) is 11.6 Å². The van der Waals surface area contributed by atoms with Crippen molar-refractivity contribution in [3.63, 3.8) is 0 Å². The van der Waals surface area contributed by atoms with E-state index in [0.29, 0.717) is 21.6 Å². The number of carbonyl (C=O) groups is 1. The van der Waals surface area contributed by atoms with Gasteiger partial charge in [0.2, 0.25) is 0 Å².